The van der Waals surface area contributed by atoms with Gasteiger partial charge in [0.25, 0.3) is 0 Å². The summed E-state index contributed by atoms with van der Waals surface area (Å²) in [4.78, 5) is 0. The molecule has 15 heavy (non-hydrogen) atoms. The van der Waals surface area contributed by atoms with Gasteiger partial charge < -0.3 is 10.1 Å². The fourth-order valence-corrected chi connectivity index (χ4v) is 2.45. The normalized spacial score (nSPS) is 21.3. The van der Waals surface area contributed by atoms with Gasteiger partial charge in [-0.25, -0.2) is 0 Å². The predicted octanol–water partition coefficient (Wildman–Crippen LogP) is 2.47. The first kappa shape index (κ1) is 10.5. The first-order valence-corrected chi connectivity index (χ1v) is 5.67. The molecular formula is C13H19NO. The lowest BCUT2D eigenvalue weighted by Crippen LogP contribution is -2.29. The fraction of sp³-hybridized carbons (Fsp3) is 0.538. The Hall–Kier alpha value is -1.02. The van der Waals surface area contributed by atoms with E-state index in [0.29, 0.717) is 5.92 Å². The average Bonchev–Trinajstić information content (AvgIpc) is 2.29. The van der Waals surface area contributed by atoms with Crippen molar-refractivity contribution in [1.29, 1.82) is 0 Å². The zero-order valence-corrected chi connectivity index (χ0v) is 9.55. The van der Waals surface area contributed by atoms with Crippen molar-refractivity contribution in [3.63, 3.8) is 0 Å². The number of benzene rings is 1. The van der Waals surface area contributed by atoms with Gasteiger partial charge in [-0.2, -0.15) is 0 Å². The van der Waals surface area contributed by atoms with Gasteiger partial charge in [0.2, 0.25) is 0 Å². The van der Waals surface area contributed by atoms with E-state index in [2.05, 4.69) is 30.4 Å². The Balaban J connectivity index is 2.31. The summed E-state index contributed by atoms with van der Waals surface area (Å²) >= 11 is 0. The molecule has 0 spiro atoms. The van der Waals surface area contributed by atoms with Crippen LogP contribution in [-0.2, 0) is 0 Å². The van der Waals surface area contributed by atoms with Crippen LogP contribution in [0.1, 0.15) is 29.9 Å². The van der Waals surface area contributed by atoms with E-state index < -0.39 is 0 Å². The molecule has 1 N–H and O–H groups in total. The van der Waals surface area contributed by atoms with Crippen molar-refractivity contribution in [2.45, 2.75) is 25.7 Å². The zero-order valence-electron chi connectivity index (χ0n) is 9.55. The van der Waals surface area contributed by atoms with Crippen LogP contribution in [0.4, 0.5) is 0 Å². The lowest BCUT2D eigenvalue weighted by molar-refractivity contribution is 0.391. The molecule has 0 aliphatic carbocycles. The average molecular weight is 205 g/mol. The highest BCUT2D eigenvalue weighted by Gasteiger charge is 2.20. The Morgan fingerprint density at radius 2 is 2.27 bits per heavy atom. The molecule has 82 valence electrons. The van der Waals surface area contributed by atoms with E-state index in [9.17, 15) is 0 Å². The summed E-state index contributed by atoms with van der Waals surface area (Å²) < 4.78 is 5.45. The molecule has 1 heterocycles. The molecule has 1 aromatic rings. The van der Waals surface area contributed by atoms with Gasteiger partial charge in [0.15, 0.2) is 0 Å². The van der Waals surface area contributed by atoms with Crippen LogP contribution in [0.25, 0.3) is 0 Å². The highest BCUT2D eigenvalue weighted by molar-refractivity contribution is 5.42. The quantitative estimate of drug-likeness (QED) is 0.801. The van der Waals surface area contributed by atoms with Gasteiger partial charge in [-0.05, 0) is 37.9 Å². The van der Waals surface area contributed by atoms with Crippen molar-refractivity contribution in [3.8, 4) is 5.75 Å². The summed E-state index contributed by atoms with van der Waals surface area (Å²) in [5, 5.41) is 3.46. The van der Waals surface area contributed by atoms with Crippen LogP contribution in [0.5, 0.6) is 5.75 Å². The summed E-state index contributed by atoms with van der Waals surface area (Å²) in [5.41, 5.74) is 2.75. The van der Waals surface area contributed by atoms with Crippen LogP contribution in [0.15, 0.2) is 18.2 Å². The third-order valence-corrected chi connectivity index (χ3v) is 3.21. The summed E-state index contributed by atoms with van der Waals surface area (Å²) in [7, 11) is 1.76. The van der Waals surface area contributed by atoms with Crippen LogP contribution in [0, 0.1) is 6.92 Å². The van der Waals surface area contributed by atoms with Gasteiger partial charge in [-0.1, -0.05) is 12.1 Å². The molecule has 0 aromatic heterocycles. The minimum Gasteiger partial charge on any atom is -0.496 e. The van der Waals surface area contributed by atoms with E-state index in [0.717, 1.165) is 18.8 Å². The smallest absolute Gasteiger partial charge is 0.122 e. The molecule has 1 aliphatic heterocycles. The number of rotatable bonds is 2. The highest BCUT2D eigenvalue weighted by Crippen LogP contribution is 2.33. The van der Waals surface area contributed by atoms with Gasteiger partial charge in [0, 0.05) is 18.0 Å². The summed E-state index contributed by atoms with van der Waals surface area (Å²) in [6.07, 6.45) is 2.54. The lowest BCUT2D eigenvalue weighted by Gasteiger charge is -2.26. The Morgan fingerprint density at radius 1 is 1.40 bits per heavy atom. The first-order valence-electron chi connectivity index (χ1n) is 5.67. The Morgan fingerprint density at radius 3 is 2.93 bits per heavy atom. The molecule has 0 radical (unpaired) electrons. The van der Waals surface area contributed by atoms with Crippen LogP contribution in [-0.4, -0.2) is 20.2 Å². The number of piperidine rings is 1. The molecule has 1 aliphatic rings. The molecule has 0 bridgehead atoms. The zero-order chi connectivity index (χ0) is 10.7. The molecule has 2 heteroatoms. The number of methoxy groups -OCH3 is 1. The minimum absolute atomic E-state index is 0.620. The number of nitrogens with one attached hydrogen (secondary N) is 1. The van der Waals surface area contributed by atoms with Crippen molar-refractivity contribution < 1.29 is 4.74 Å². The monoisotopic (exact) mass is 205 g/mol. The highest BCUT2D eigenvalue weighted by atomic mass is 16.5. The first-order chi connectivity index (χ1) is 7.33. The van der Waals surface area contributed by atoms with Crippen molar-refractivity contribution >= 4 is 0 Å². The molecule has 1 saturated heterocycles. The van der Waals surface area contributed by atoms with Crippen molar-refractivity contribution in [2.75, 3.05) is 20.2 Å². The molecule has 1 unspecified atom stereocenters. The van der Waals surface area contributed by atoms with Gasteiger partial charge in [0.1, 0.15) is 5.75 Å². The van der Waals surface area contributed by atoms with Gasteiger partial charge >= 0.3 is 0 Å². The van der Waals surface area contributed by atoms with Crippen LogP contribution in [0.3, 0.4) is 0 Å². The molecule has 2 rings (SSSR count). The maximum absolute atomic E-state index is 5.45. The summed E-state index contributed by atoms with van der Waals surface area (Å²) in [6.45, 7) is 4.42. The van der Waals surface area contributed by atoms with Crippen molar-refractivity contribution in [3.05, 3.63) is 29.3 Å². The Bertz CT molecular complexity index is 329. The standard InChI is InChI=1S/C13H19NO/c1-10-5-3-7-12(15-2)13(10)11-6-4-8-14-9-11/h3,5,7,11,14H,4,6,8-9H2,1-2H3. The molecular weight excluding hydrogens is 186 g/mol. The van der Waals surface area contributed by atoms with Crippen LogP contribution in [0.2, 0.25) is 0 Å². The fourth-order valence-electron chi connectivity index (χ4n) is 2.45. The SMILES string of the molecule is COc1cccc(C)c1C1CCCNC1. The molecule has 0 saturated carbocycles. The second-order valence-electron chi connectivity index (χ2n) is 4.23. The second-order valence-corrected chi connectivity index (χ2v) is 4.23. The predicted molar refractivity (Wildman–Crippen MR) is 62.6 cm³/mol. The van der Waals surface area contributed by atoms with E-state index in [1.807, 2.05) is 0 Å². The topological polar surface area (TPSA) is 21.3 Å². The second kappa shape index (κ2) is 4.67. The maximum Gasteiger partial charge on any atom is 0.122 e. The van der Waals surface area contributed by atoms with E-state index >= 15 is 0 Å². The van der Waals surface area contributed by atoms with Gasteiger partial charge in [-0.3, -0.25) is 0 Å². The summed E-state index contributed by atoms with van der Waals surface area (Å²) in [6, 6.07) is 6.30. The number of hydrogen-bond donors (Lipinski definition) is 1. The minimum atomic E-state index is 0.620. The molecule has 1 atom stereocenters. The third kappa shape index (κ3) is 2.15. The number of hydrogen-bond acceptors (Lipinski definition) is 2. The molecule has 1 fully saturated rings. The van der Waals surface area contributed by atoms with E-state index in [-0.39, 0.29) is 0 Å². The van der Waals surface area contributed by atoms with Gasteiger partial charge in [-0.15, -0.1) is 0 Å². The van der Waals surface area contributed by atoms with Crippen LogP contribution >= 0.6 is 0 Å². The van der Waals surface area contributed by atoms with E-state index in [1.54, 1.807) is 7.11 Å². The molecule has 1 aromatic carbocycles. The molecule has 2 nitrogen and oxygen atoms in total. The number of aryl methyl sites for hydroxylation is 1. The lowest BCUT2D eigenvalue weighted by atomic mass is 9.88. The maximum atomic E-state index is 5.45. The molecule has 0 amide bonds. The Labute approximate surface area is 91.6 Å². The Kier molecular flexibility index (Phi) is 3.27. The van der Waals surface area contributed by atoms with Crippen molar-refractivity contribution in [2.24, 2.45) is 0 Å². The van der Waals surface area contributed by atoms with Crippen LogP contribution < -0.4 is 10.1 Å². The number of ether oxygens (including phenoxy) is 1. The summed E-state index contributed by atoms with van der Waals surface area (Å²) in [5.74, 6) is 1.67. The van der Waals surface area contributed by atoms with E-state index in [1.165, 1.54) is 24.0 Å². The van der Waals surface area contributed by atoms with Gasteiger partial charge in [0.05, 0.1) is 7.11 Å². The largest absolute Gasteiger partial charge is 0.496 e. The van der Waals surface area contributed by atoms with Crippen molar-refractivity contribution in [1.82, 2.24) is 5.32 Å². The third-order valence-electron chi connectivity index (χ3n) is 3.21. The van der Waals surface area contributed by atoms with E-state index in [4.69, 9.17) is 4.74 Å².